The summed E-state index contributed by atoms with van der Waals surface area (Å²) in [6, 6.07) is 14.0. The minimum Gasteiger partial charge on any atom is -0.380 e. The van der Waals surface area contributed by atoms with E-state index in [1.54, 1.807) is 4.68 Å². The fourth-order valence-corrected chi connectivity index (χ4v) is 3.32. The van der Waals surface area contributed by atoms with E-state index in [1.165, 1.54) is 25.3 Å². The molecule has 2 aromatic carbocycles. The molecule has 0 bridgehead atoms. The first-order chi connectivity index (χ1) is 13.6. The van der Waals surface area contributed by atoms with Crippen LogP contribution >= 0.6 is 0 Å². The van der Waals surface area contributed by atoms with Crippen molar-refractivity contribution in [2.75, 3.05) is 12.4 Å². The van der Waals surface area contributed by atoms with Gasteiger partial charge in [-0.05, 0) is 50.1 Å². The van der Waals surface area contributed by atoms with Crippen molar-refractivity contribution in [3.05, 3.63) is 76.7 Å². The van der Waals surface area contributed by atoms with Gasteiger partial charge in [0.25, 0.3) is 5.91 Å². The van der Waals surface area contributed by atoms with Gasteiger partial charge in [-0.3, -0.25) is 4.79 Å². The third-order valence-electron chi connectivity index (χ3n) is 4.96. The molecule has 0 aliphatic heterocycles. The van der Waals surface area contributed by atoms with E-state index in [0.717, 1.165) is 29.8 Å². The molecule has 1 heterocycles. The molecular formula is C22H22FN3O2. The van der Waals surface area contributed by atoms with Crippen molar-refractivity contribution in [3.63, 3.8) is 0 Å². The van der Waals surface area contributed by atoms with Crippen LogP contribution in [0.15, 0.2) is 48.5 Å². The number of nitrogens with zero attached hydrogens (tertiary/aromatic N) is 2. The number of amides is 1. The van der Waals surface area contributed by atoms with Gasteiger partial charge in [0.1, 0.15) is 11.6 Å². The Morgan fingerprint density at radius 1 is 1.25 bits per heavy atom. The Kier molecular flexibility index (Phi) is 4.96. The van der Waals surface area contributed by atoms with Crippen molar-refractivity contribution >= 4 is 11.7 Å². The quantitative estimate of drug-likeness (QED) is 0.681. The molecule has 4 rings (SSSR count). The lowest BCUT2D eigenvalue weighted by atomic mass is 10.1. The van der Waals surface area contributed by atoms with Crippen molar-refractivity contribution in [2.45, 2.75) is 32.3 Å². The second kappa shape index (κ2) is 7.56. The molecule has 1 amide bonds. The van der Waals surface area contributed by atoms with Gasteiger partial charge in [-0.25, -0.2) is 9.07 Å². The smallest absolute Gasteiger partial charge is 0.256 e. The third kappa shape index (κ3) is 3.55. The van der Waals surface area contributed by atoms with Crippen LogP contribution in [-0.4, -0.2) is 22.8 Å². The van der Waals surface area contributed by atoms with E-state index in [9.17, 15) is 9.18 Å². The molecule has 1 fully saturated rings. The fraction of sp³-hybridized carbons (Fsp3) is 0.273. The van der Waals surface area contributed by atoms with Gasteiger partial charge in [0.05, 0.1) is 18.0 Å². The average molecular weight is 379 g/mol. The molecule has 144 valence electrons. The number of benzene rings is 2. The van der Waals surface area contributed by atoms with Crippen molar-refractivity contribution in [1.29, 1.82) is 0 Å². The SMILES string of the molecule is COCc1cc(C(=O)Nc2c(C)c(C3CC3)nn2-c2ccccc2)ccc1F. The number of halogens is 1. The van der Waals surface area contributed by atoms with Crippen LogP contribution in [0.3, 0.4) is 0 Å². The maximum Gasteiger partial charge on any atom is 0.256 e. The first kappa shape index (κ1) is 18.4. The van der Waals surface area contributed by atoms with Crippen LogP contribution in [0, 0.1) is 12.7 Å². The van der Waals surface area contributed by atoms with Crippen LogP contribution in [0.2, 0.25) is 0 Å². The van der Waals surface area contributed by atoms with Crippen molar-refractivity contribution in [2.24, 2.45) is 0 Å². The zero-order chi connectivity index (χ0) is 19.7. The van der Waals surface area contributed by atoms with E-state index in [2.05, 4.69) is 5.32 Å². The monoisotopic (exact) mass is 379 g/mol. The lowest BCUT2D eigenvalue weighted by molar-refractivity contribution is 0.102. The molecule has 1 aliphatic rings. The van der Waals surface area contributed by atoms with E-state index in [1.807, 2.05) is 37.3 Å². The van der Waals surface area contributed by atoms with Gasteiger partial charge in [-0.1, -0.05) is 18.2 Å². The van der Waals surface area contributed by atoms with Crippen LogP contribution < -0.4 is 5.32 Å². The van der Waals surface area contributed by atoms with E-state index < -0.39 is 0 Å². The van der Waals surface area contributed by atoms with Crippen LogP contribution in [0.25, 0.3) is 5.69 Å². The van der Waals surface area contributed by atoms with Gasteiger partial charge in [-0.15, -0.1) is 0 Å². The summed E-state index contributed by atoms with van der Waals surface area (Å²) in [6.07, 6.45) is 2.25. The lowest BCUT2D eigenvalue weighted by Gasteiger charge is -2.11. The Bertz CT molecular complexity index is 1010. The third-order valence-corrected chi connectivity index (χ3v) is 4.96. The highest BCUT2D eigenvalue weighted by atomic mass is 19.1. The molecular weight excluding hydrogens is 357 g/mol. The number of anilines is 1. The highest BCUT2D eigenvalue weighted by molar-refractivity contribution is 6.04. The van der Waals surface area contributed by atoms with Gasteiger partial charge in [-0.2, -0.15) is 5.10 Å². The highest BCUT2D eigenvalue weighted by Gasteiger charge is 2.31. The number of ether oxygens (including phenoxy) is 1. The van der Waals surface area contributed by atoms with Crippen LogP contribution in [0.1, 0.15) is 45.9 Å². The normalized spacial score (nSPS) is 13.5. The predicted octanol–water partition coefficient (Wildman–Crippen LogP) is 4.60. The molecule has 1 aromatic heterocycles. The van der Waals surface area contributed by atoms with E-state index in [4.69, 9.17) is 9.84 Å². The second-order valence-corrected chi connectivity index (χ2v) is 7.07. The lowest BCUT2D eigenvalue weighted by Crippen LogP contribution is -2.16. The summed E-state index contributed by atoms with van der Waals surface area (Å²) in [5.74, 6) is 0.412. The topological polar surface area (TPSA) is 56.1 Å². The predicted molar refractivity (Wildman–Crippen MR) is 105 cm³/mol. The van der Waals surface area contributed by atoms with Crippen molar-refractivity contribution in [1.82, 2.24) is 9.78 Å². The van der Waals surface area contributed by atoms with Crippen LogP contribution in [0.5, 0.6) is 0 Å². The van der Waals surface area contributed by atoms with E-state index in [-0.39, 0.29) is 18.3 Å². The average Bonchev–Trinajstić information content (AvgIpc) is 3.50. The molecule has 5 nitrogen and oxygen atoms in total. The summed E-state index contributed by atoms with van der Waals surface area (Å²) in [4.78, 5) is 12.9. The summed E-state index contributed by atoms with van der Waals surface area (Å²) in [7, 11) is 1.49. The zero-order valence-electron chi connectivity index (χ0n) is 15.9. The molecule has 0 atom stereocenters. The molecule has 0 spiro atoms. The first-order valence-corrected chi connectivity index (χ1v) is 9.32. The maximum atomic E-state index is 13.9. The maximum absolute atomic E-state index is 13.9. The van der Waals surface area contributed by atoms with Gasteiger partial charge >= 0.3 is 0 Å². The largest absolute Gasteiger partial charge is 0.380 e. The molecule has 0 radical (unpaired) electrons. The first-order valence-electron chi connectivity index (χ1n) is 9.32. The zero-order valence-corrected chi connectivity index (χ0v) is 15.9. The fourth-order valence-electron chi connectivity index (χ4n) is 3.32. The Morgan fingerprint density at radius 3 is 2.68 bits per heavy atom. The van der Waals surface area contributed by atoms with Crippen molar-refractivity contribution < 1.29 is 13.9 Å². The minimum atomic E-state index is -0.389. The number of hydrogen-bond acceptors (Lipinski definition) is 3. The van der Waals surface area contributed by atoms with Crippen LogP contribution in [-0.2, 0) is 11.3 Å². The van der Waals surface area contributed by atoms with E-state index >= 15 is 0 Å². The molecule has 1 saturated carbocycles. The van der Waals surface area contributed by atoms with Gasteiger partial charge in [0, 0.05) is 29.7 Å². The number of hydrogen-bond donors (Lipinski definition) is 1. The van der Waals surface area contributed by atoms with Crippen molar-refractivity contribution in [3.8, 4) is 5.69 Å². The summed E-state index contributed by atoms with van der Waals surface area (Å²) in [5, 5.41) is 7.76. The second-order valence-electron chi connectivity index (χ2n) is 7.07. The number of rotatable bonds is 6. The molecule has 28 heavy (non-hydrogen) atoms. The van der Waals surface area contributed by atoms with E-state index in [0.29, 0.717) is 22.9 Å². The molecule has 0 unspecified atom stereocenters. The van der Waals surface area contributed by atoms with Gasteiger partial charge in [0.2, 0.25) is 0 Å². The Morgan fingerprint density at radius 2 is 2.00 bits per heavy atom. The molecule has 1 aliphatic carbocycles. The minimum absolute atomic E-state index is 0.111. The Hall–Kier alpha value is -2.99. The number of methoxy groups -OCH3 is 1. The van der Waals surface area contributed by atoms with Gasteiger partial charge in [0.15, 0.2) is 0 Å². The number of para-hydroxylation sites is 1. The Balaban J connectivity index is 1.69. The summed E-state index contributed by atoms with van der Waals surface area (Å²) in [5.41, 5.74) is 3.60. The molecule has 3 aromatic rings. The number of aromatic nitrogens is 2. The van der Waals surface area contributed by atoms with Gasteiger partial charge < -0.3 is 10.1 Å². The number of carbonyl (C=O) groups is 1. The Labute approximate surface area is 163 Å². The standard InChI is InChI=1S/C22H22FN3O2/c1-14-20(15-8-9-15)25-26(18-6-4-3-5-7-18)21(14)24-22(27)16-10-11-19(23)17(12-16)13-28-2/h3-7,10-12,15H,8-9,13H2,1-2H3,(H,24,27). The summed E-state index contributed by atoms with van der Waals surface area (Å²) in [6.45, 7) is 2.09. The number of nitrogens with one attached hydrogen (secondary N) is 1. The molecule has 6 heteroatoms. The summed E-state index contributed by atoms with van der Waals surface area (Å²) < 4.78 is 20.7. The van der Waals surface area contributed by atoms with Crippen LogP contribution in [0.4, 0.5) is 10.2 Å². The molecule has 0 saturated heterocycles. The summed E-state index contributed by atoms with van der Waals surface area (Å²) >= 11 is 0. The highest BCUT2D eigenvalue weighted by Crippen LogP contribution is 2.43. The molecule has 1 N–H and O–H groups in total. The number of carbonyl (C=O) groups excluding carboxylic acids is 1.